The number of benzene rings is 1. The highest BCUT2D eigenvalue weighted by Crippen LogP contribution is 2.20. The van der Waals surface area contributed by atoms with Gasteiger partial charge in [0.05, 0.1) is 12.5 Å². The number of aromatic amines is 1. The first kappa shape index (κ1) is 10.2. The molecule has 16 heavy (non-hydrogen) atoms. The molecule has 1 aromatic carbocycles. The smallest absolute Gasteiger partial charge is 0.273 e. The number of hydrogen-bond donors (Lipinski definition) is 3. The van der Waals surface area contributed by atoms with Crippen LogP contribution in [-0.2, 0) is 0 Å². The van der Waals surface area contributed by atoms with Crippen molar-refractivity contribution in [3.05, 3.63) is 42.0 Å². The fourth-order valence-electron chi connectivity index (χ4n) is 1.36. The highest BCUT2D eigenvalue weighted by Gasteiger charge is 2.08. The van der Waals surface area contributed by atoms with Crippen molar-refractivity contribution in [3.8, 4) is 5.75 Å². The lowest BCUT2D eigenvalue weighted by Crippen LogP contribution is -2.12. The van der Waals surface area contributed by atoms with E-state index in [-0.39, 0.29) is 11.7 Å². The third-order valence-corrected chi connectivity index (χ3v) is 2.20. The van der Waals surface area contributed by atoms with Gasteiger partial charge in [0.1, 0.15) is 11.4 Å². The van der Waals surface area contributed by atoms with E-state index in [1.165, 1.54) is 18.6 Å². The van der Waals surface area contributed by atoms with Crippen molar-refractivity contribution in [1.29, 1.82) is 0 Å². The Bertz CT molecular complexity index is 506. The maximum atomic E-state index is 11.7. The van der Waals surface area contributed by atoms with Gasteiger partial charge >= 0.3 is 0 Å². The van der Waals surface area contributed by atoms with Crippen molar-refractivity contribution in [2.24, 2.45) is 0 Å². The first-order valence-electron chi connectivity index (χ1n) is 4.76. The van der Waals surface area contributed by atoms with E-state index in [9.17, 15) is 9.90 Å². The summed E-state index contributed by atoms with van der Waals surface area (Å²) in [7, 11) is 0. The predicted molar refractivity (Wildman–Crippen MR) is 59.4 cm³/mol. The summed E-state index contributed by atoms with van der Waals surface area (Å²) in [4.78, 5) is 18.1. The summed E-state index contributed by atoms with van der Waals surface area (Å²) in [6, 6.07) is 4.76. The van der Waals surface area contributed by atoms with Crippen LogP contribution in [0.15, 0.2) is 30.7 Å². The minimum absolute atomic E-state index is 0.178. The van der Waals surface area contributed by atoms with Crippen molar-refractivity contribution in [2.45, 2.75) is 6.92 Å². The van der Waals surface area contributed by atoms with E-state index in [0.29, 0.717) is 11.4 Å². The monoisotopic (exact) mass is 217 g/mol. The SMILES string of the molecule is Cc1cc(O)ccc1NC(=O)c1cnc[nH]1. The molecular weight excluding hydrogens is 206 g/mol. The summed E-state index contributed by atoms with van der Waals surface area (Å²) in [5.41, 5.74) is 1.86. The standard InChI is InChI=1S/C11H11N3O2/c1-7-4-8(15)2-3-9(7)14-11(16)10-5-12-6-13-10/h2-6,15H,1H3,(H,12,13)(H,14,16). The molecule has 0 bridgehead atoms. The number of imidazole rings is 1. The number of hydrogen-bond acceptors (Lipinski definition) is 3. The Kier molecular flexibility index (Phi) is 2.59. The number of H-pyrrole nitrogens is 1. The largest absolute Gasteiger partial charge is 0.508 e. The maximum absolute atomic E-state index is 11.7. The van der Waals surface area contributed by atoms with E-state index in [1.807, 2.05) is 6.92 Å². The summed E-state index contributed by atoms with van der Waals surface area (Å²) in [5, 5.41) is 11.9. The van der Waals surface area contributed by atoms with Gasteiger partial charge in [0.25, 0.3) is 5.91 Å². The molecule has 2 aromatic rings. The molecule has 1 amide bonds. The van der Waals surface area contributed by atoms with E-state index >= 15 is 0 Å². The quantitative estimate of drug-likeness (QED) is 0.669. The molecule has 2 rings (SSSR count). The van der Waals surface area contributed by atoms with Gasteiger partial charge in [0.2, 0.25) is 0 Å². The highest BCUT2D eigenvalue weighted by atomic mass is 16.3. The van der Waals surface area contributed by atoms with E-state index in [2.05, 4.69) is 15.3 Å². The molecule has 0 radical (unpaired) electrons. The van der Waals surface area contributed by atoms with Gasteiger partial charge in [-0.3, -0.25) is 4.79 Å². The highest BCUT2D eigenvalue weighted by molar-refractivity contribution is 6.03. The molecule has 0 fully saturated rings. The van der Waals surface area contributed by atoms with Crippen LogP contribution in [0.5, 0.6) is 5.75 Å². The van der Waals surface area contributed by atoms with Gasteiger partial charge in [0.15, 0.2) is 0 Å². The first-order chi connectivity index (χ1) is 7.66. The van der Waals surface area contributed by atoms with Crippen LogP contribution in [-0.4, -0.2) is 21.0 Å². The Labute approximate surface area is 92.2 Å². The van der Waals surface area contributed by atoms with Crippen LogP contribution in [0.4, 0.5) is 5.69 Å². The minimum atomic E-state index is -0.258. The number of aromatic nitrogens is 2. The number of carbonyl (C=O) groups is 1. The minimum Gasteiger partial charge on any atom is -0.508 e. The molecule has 1 aromatic heterocycles. The van der Waals surface area contributed by atoms with Crippen LogP contribution in [0.25, 0.3) is 0 Å². The topological polar surface area (TPSA) is 78.0 Å². The second kappa shape index (κ2) is 4.06. The molecule has 0 aliphatic heterocycles. The third kappa shape index (κ3) is 2.03. The molecule has 3 N–H and O–H groups in total. The second-order valence-corrected chi connectivity index (χ2v) is 3.42. The van der Waals surface area contributed by atoms with E-state index in [0.717, 1.165) is 5.56 Å². The molecule has 5 nitrogen and oxygen atoms in total. The average molecular weight is 217 g/mol. The lowest BCUT2D eigenvalue weighted by molar-refractivity contribution is 0.102. The zero-order chi connectivity index (χ0) is 11.5. The summed E-state index contributed by atoms with van der Waals surface area (Å²) in [6.45, 7) is 1.81. The molecule has 0 unspecified atom stereocenters. The number of carbonyl (C=O) groups excluding carboxylic acids is 1. The molecule has 0 saturated carbocycles. The summed E-state index contributed by atoms with van der Waals surface area (Å²) >= 11 is 0. The molecule has 82 valence electrons. The zero-order valence-corrected chi connectivity index (χ0v) is 8.69. The zero-order valence-electron chi connectivity index (χ0n) is 8.69. The number of nitrogens with one attached hydrogen (secondary N) is 2. The van der Waals surface area contributed by atoms with Gasteiger partial charge in [-0.25, -0.2) is 4.98 Å². The van der Waals surface area contributed by atoms with E-state index in [1.54, 1.807) is 12.1 Å². The number of phenols is 1. The number of amides is 1. The van der Waals surface area contributed by atoms with Crippen LogP contribution >= 0.6 is 0 Å². The number of aryl methyl sites for hydroxylation is 1. The Morgan fingerprint density at radius 3 is 2.94 bits per heavy atom. The van der Waals surface area contributed by atoms with Crippen LogP contribution in [0.1, 0.15) is 16.1 Å². The van der Waals surface area contributed by atoms with Gasteiger partial charge in [-0.2, -0.15) is 0 Å². The Hall–Kier alpha value is -2.30. The van der Waals surface area contributed by atoms with Crippen LogP contribution in [0.3, 0.4) is 0 Å². The second-order valence-electron chi connectivity index (χ2n) is 3.42. The molecular formula is C11H11N3O2. The van der Waals surface area contributed by atoms with Gasteiger partial charge < -0.3 is 15.4 Å². The van der Waals surface area contributed by atoms with Gasteiger partial charge in [-0.1, -0.05) is 0 Å². The summed E-state index contributed by atoms with van der Waals surface area (Å²) in [6.07, 6.45) is 2.89. The lowest BCUT2D eigenvalue weighted by atomic mass is 10.2. The van der Waals surface area contributed by atoms with E-state index in [4.69, 9.17) is 0 Å². The number of nitrogens with zero attached hydrogens (tertiary/aromatic N) is 1. The average Bonchev–Trinajstić information content (AvgIpc) is 2.75. The third-order valence-electron chi connectivity index (χ3n) is 2.20. The fourth-order valence-corrected chi connectivity index (χ4v) is 1.36. The van der Waals surface area contributed by atoms with Crippen LogP contribution in [0, 0.1) is 6.92 Å². The molecule has 0 spiro atoms. The Morgan fingerprint density at radius 1 is 1.50 bits per heavy atom. The van der Waals surface area contributed by atoms with Crippen molar-refractivity contribution in [2.75, 3.05) is 5.32 Å². The van der Waals surface area contributed by atoms with Crippen molar-refractivity contribution < 1.29 is 9.90 Å². The van der Waals surface area contributed by atoms with Gasteiger partial charge in [-0.15, -0.1) is 0 Å². The molecule has 1 heterocycles. The van der Waals surface area contributed by atoms with Crippen LogP contribution in [0.2, 0.25) is 0 Å². The molecule has 5 heteroatoms. The molecule has 0 saturated heterocycles. The lowest BCUT2D eigenvalue weighted by Gasteiger charge is -2.07. The van der Waals surface area contributed by atoms with Gasteiger partial charge in [0, 0.05) is 5.69 Å². The van der Waals surface area contributed by atoms with E-state index < -0.39 is 0 Å². The molecule has 0 aliphatic rings. The maximum Gasteiger partial charge on any atom is 0.273 e. The number of anilines is 1. The van der Waals surface area contributed by atoms with Gasteiger partial charge in [-0.05, 0) is 30.7 Å². The number of aromatic hydroxyl groups is 1. The Balaban J connectivity index is 2.18. The summed E-state index contributed by atoms with van der Waals surface area (Å²) in [5.74, 6) is -0.0803. The molecule has 0 aliphatic carbocycles. The number of rotatable bonds is 2. The predicted octanol–water partition coefficient (Wildman–Crippen LogP) is 1.68. The van der Waals surface area contributed by atoms with Crippen molar-refractivity contribution in [1.82, 2.24) is 9.97 Å². The Morgan fingerprint density at radius 2 is 2.31 bits per heavy atom. The fraction of sp³-hybridized carbons (Fsp3) is 0.0909. The summed E-state index contributed by atoms with van der Waals surface area (Å²) < 4.78 is 0. The first-order valence-corrected chi connectivity index (χ1v) is 4.76. The van der Waals surface area contributed by atoms with Crippen LogP contribution < -0.4 is 5.32 Å². The normalized spacial score (nSPS) is 10.1. The number of phenolic OH excluding ortho intramolecular Hbond substituents is 1. The van der Waals surface area contributed by atoms with Crippen molar-refractivity contribution in [3.63, 3.8) is 0 Å². The van der Waals surface area contributed by atoms with Crippen molar-refractivity contribution >= 4 is 11.6 Å². The molecule has 0 atom stereocenters.